The van der Waals surface area contributed by atoms with E-state index in [2.05, 4.69) is 20.9 Å². The van der Waals surface area contributed by atoms with E-state index < -0.39 is 18.2 Å². The molecule has 1 amide bonds. The Morgan fingerprint density at radius 2 is 1.90 bits per heavy atom. The van der Waals surface area contributed by atoms with Crippen molar-refractivity contribution in [1.29, 1.82) is 0 Å². The fourth-order valence-corrected chi connectivity index (χ4v) is 5.51. The Labute approximate surface area is 189 Å². The number of amides is 1. The van der Waals surface area contributed by atoms with Gasteiger partial charge in [0.05, 0.1) is 0 Å². The van der Waals surface area contributed by atoms with Gasteiger partial charge in [0.15, 0.2) is 0 Å². The highest BCUT2D eigenvalue weighted by Gasteiger charge is 2.57. The van der Waals surface area contributed by atoms with Gasteiger partial charge in [-0.05, 0) is 34.3 Å². The van der Waals surface area contributed by atoms with Gasteiger partial charge in [-0.2, -0.15) is 0 Å². The van der Waals surface area contributed by atoms with Crippen molar-refractivity contribution in [3.05, 3.63) is 52.5 Å². The van der Waals surface area contributed by atoms with Crippen LogP contribution in [0.1, 0.15) is 30.7 Å². The number of hydrogen-bond donors (Lipinski definition) is 1. The molecule has 4 rings (SSSR count). The first-order valence-corrected chi connectivity index (χ1v) is 11.2. The van der Waals surface area contributed by atoms with Crippen molar-refractivity contribution in [2.24, 2.45) is 18.9 Å². The lowest BCUT2D eigenvalue weighted by atomic mass is 9.64. The fourth-order valence-electron chi connectivity index (χ4n) is 5.03. The van der Waals surface area contributed by atoms with Crippen LogP contribution in [0.3, 0.4) is 0 Å². The van der Waals surface area contributed by atoms with E-state index in [1.807, 2.05) is 48.1 Å². The Kier molecular flexibility index (Phi) is 6.34. The second-order valence-electron chi connectivity index (χ2n) is 8.24. The van der Waals surface area contributed by atoms with Crippen LogP contribution in [0.2, 0.25) is 0 Å². The average Bonchev–Trinajstić information content (AvgIpc) is 3.08. The van der Waals surface area contributed by atoms with Crippen LogP contribution in [-0.2, 0) is 33.5 Å². The first kappa shape index (κ1) is 21.8. The number of aromatic nitrogens is 2. The fraction of sp³-hybridized carbons (Fsp3) is 0.500. The molecule has 9 heteroatoms. The molecule has 1 saturated carbocycles. The van der Waals surface area contributed by atoms with Crippen LogP contribution < -0.4 is 0 Å². The van der Waals surface area contributed by atoms with Gasteiger partial charge in [-0.3, -0.25) is 0 Å². The summed E-state index contributed by atoms with van der Waals surface area (Å²) in [6, 6.07) is 9.58. The van der Waals surface area contributed by atoms with Crippen LogP contribution in [0, 0.1) is 11.8 Å². The van der Waals surface area contributed by atoms with Gasteiger partial charge in [0.25, 0.3) is 0 Å². The quantitative estimate of drug-likeness (QED) is 0.663. The molecule has 2 bridgehead atoms. The van der Waals surface area contributed by atoms with Crippen molar-refractivity contribution in [1.82, 2.24) is 14.5 Å². The number of aliphatic carboxylic acids is 1. The Hall–Kier alpha value is -2.39. The van der Waals surface area contributed by atoms with Crippen LogP contribution in [0.15, 0.2) is 41.1 Å². The van der Waals surface area contributed by atoms with Gasteiger partial charge in [0.2, 0.25) is 0 Å². The summed E-state index contributed by atoms with van der Waals surface area (Å²) in [5, 5.41) is 9.32. The highest BCUT2D eigenvalue weighted by Crippen LogP contribution is 2.51. The standard InChI is InChI=1S/C22H26BrN3O5/c1-25-12-18(23)24-20(25)22(31-14-19(27)28)16-8-5-9-17(22)11-26(10-16)21(29)30-13-15-6-3-2-4-7-15/h2-4,6-7,12,16-17H,5,8-11,13-14H2,1H3,(H,27,28). The zero-order chi connectivity index (χ0) is 22.0. The molecule has 1 saturated heterocycles. The van der Waals surface area contributed by atoms with Crippen molar-refractivity contribution < 1.29 is 24.2 Å². The molecule has 0 radical (unpaired) electrons. The number of imidazole rings is 1. The molecule has 8 nitrogen and oxygen atoms in total. The summed E-state index contributed by atoms with van der Waals surface area (Å²) in [6.07, 6.45) is 4.14. The molecular formula is C22H26BrN3O5. The Morgan fingerprint density at radius 3 is 2.48 bits per heavy atom. The Balaban J connectivity index is 1.57. The summed E-state index contributed by atoms with van der Waals surface area (Å²) in [5.41, 5.74) is 0.0817. The molecule has 2 atom stereocenters. The first-order chi connectivity index (χ1) is 14.9. The SMILES string of the molecule is Cn1cc(Br)nc1C1(OCC(=O)O)C2CCCC1CN(C(=O)OCc1ccccc1)C2. The Morgan fingerprint density at radius 1 is 1.23 bits per heavy atom. The molecule has 166 valence electrons. The van der Waals surface area contributed by atoms with Crippen molar-refractivity contribution in [2.45, 2.75) is 31.5 Å². The molecule has 1 aromatic carbocycles. The normalized spacial score (nSPS) is 25.3. The number of rotatable bonds is 6. The van der Waals surface area contributed by atoms with Gasteiger partial charge >= 0.3 is 12.1 Å². The first-order valence-electron chi connectivity index (χ1n) is 10.4. The number of hydrogen-bond acceptors (Lipinski definition) is 5. The number of likely N-dealkylation sites (tertiary alicyclic amines) is 1. The smallest absolute Gasteiger partial charge is 0.410 e. The number of aryl methyl sites for hydroxylation is 1. The van der Waals surface area contributed by atoms with E-state index in [0.717, 1.165) is 24.8 Å². The number of nitrogens with zero attached hydrogens (tertiary/aromatic N) is 3. The molecule has 2 fully saturated rings. The molecule has 2 unspecified atom stereocenters. The van der Waals surface area contributed by atoms with Crippen LogP contribution in [0.5, 0.6) is 0 Å². The molecule has 0 spiro atoms. The molecule has 2 aromatic rings. The van der Waals surface area contributed by atoms with E-state index in [4.69, 9.17) is 9.47 Å². The Bertz CT molecular complexity index is 934. The lowest BCUT2D eigenvalue weighted by Crippen LogP contribution is -2.61. The number of benzene rings is 1. The summed E-state index contributed by atoms with van der Waals surface area (Å²) in [4.78, 5) is 30.6. The minimum Gasteiger partial charge on any atom is -0.480 e. The second-order valence-corrected chi connectivity index (χ2v) is 9.06. The van der Waals surface area contributed by atoms with Gasteiger partial charge in [-0.25, -0.2) is 14.6 Å². The zero-order valence-corrected chi connectivity index (χ0v) is 19.0. The van der Waals surface area contributed by atoms with Crippen LogP contribution in [0.4, 0.5) is 4.79 Å². The minimum atomic E-state index is -1.02. The number of halogens is 1. The van der Waals surface area contributed by atoms with Gasteiger partial charge in [-0.15, -0.1) is 0 Å². The number of fused-ring (bicyclic) bond motifs is 2. The molecule has 2 heterocycles. The van der Waals surface area contributed by atoms with Crippen LogP contribution in [-0.4, -0.2) is 51.3 Å². The monoisotopic (exact) mass is 491 g/mol. The summed E-state index contributed by atoms with van der Waals surface area (Å²) in [6.45, 7) is 0.691. The maximum absolute atomic E-state index is 12.8. The number of ether oxygens (including phenoxy) is 2. The number of piperidine rings is 1. The molecule has 1 N–H and O–H groups in total. The van der Waals surface area contributed by atoms with Gasteiger partial charge < -0.3 is 24.0 Å². The van der Waals surface area contributed by atoms with Gasteiger partial charge in [0.1, 0.15) is 29.2 Å². The third kappa shape index (κ3) is 4.34. The molecule has 31 heavy (non-hydrogen) atoms. The summed E-state index contributed by atoms with van der Waals surface area (Å²) in [5.74, 6) is -0.462. The molecule has 1 aliphatic heterocycles. The predicted molar refractivity (Wildman–Crippen MR) is 115 cm³/mol. The molecule has 1 aromatic heterocycles. The predicted octanol–water partition coefficient (Wildman–Crippen LogP) is 3.55. The van der Waals surface area contributed by atoms with E-state index in [-0.39, 0.29) is 24.5 Å². The van der Waals surface area contributed by atoms with Gasteiger partial charge in [-0.1, -0.05) is 36.8 Å². The van der Waals surface area contributed by atoms with Crippen molar-refractivity contribution >= 4 is 28.0 Å². The van der Waals surface area contributed by atoms with E-state index in [1.54, 1.807) is 4.90 Å². The van der Waals surface area contributed by atoms with Crippen molar-refractivity contribution in [2.75, 3.05) is 19.7 Å². The lowest BCUT2D eigenvalue weighted by molar-refractivity contribution is -0.196. The third-order valence-corrected chi connectivity index (χ3v) is 6.68. The number of carboxylic acids is 1. The minimum absolute atomic E-state index is 0.0726. The number of carbonyl (C=O) groups excluding carboxylic acids is 1. The highest BCUT2D eigenvalue weighted by atomic mass is 79.9. The van der Waals surface area contributed by atoms with E-state index in [1.165, 1.54) is 0 Å². The van der Waals surface area contributed by atoms with Crippen LogP contribution in [0.25, 0.3) is 0 Å². The van der Waals surface area contributed by atoms with Gasteiger partial charge in [0, 0.05) is 38.2 Å². The maximum atomic E-state index is 12.8. The summed E-state index contributed by atoms with van der Waals surface area (Å²) >= 11 is 3.42. The molecular weight excluding hydrogens is 466 g/mol. The van der Waals surface area contributed by atoms with E-state index in [0.29, 0.717) is 23.5 Å². The number of carbonyl (C=O) groups is 2. The van der Waals surface area contributed by atoms with E-state index in [9.17, 15) is 14.7 Å². The number of carboxylic acid groups (broad SMARTS) is 1. The molecule has 2 aliphatic rings. The second kappa shape index (κ2) is 9.00. The lowest BCUT2D eigenvalue weighted by Gasteiger charge is -2.54. The molecule has 1 aliphatic carbocycles. The van der Waals surface area contributed by atoms with E-state index >= 15 is 0 Å². The zero-order valence-electron chi connectivity index (χ0n) is 17.4. The van der Waals surface area contributed by atoms with Crippen LogP contribution >= 0.6 is 15.9 Å². The summed E-state index contributed by atoms with van der Waals surface area (Å²) < 4.78 is 14.3. The average molecular weight is 492 g/mol. The maximum Gasteiger partial charge on any atom is 0.410 e. The van der Waals surface area contributed by atoms with Crippen molar-refractivity contribution in [3.8, 4) is 0 Å². The highest BCUT2D eigenvalue weighted by molar-refractivity contribution is 9.10. The van der Waals surface area contributed by atoms with Crippen molar-refractivity contribution in [3.63, 3.8) is 0 Å². The largest absolute Gasteiger partial charge is 0.480 e. The third-order valence-electron chi connectivity index (χ3n) is 6.29. The summed E-state index contributed by atoms with van der Waals surface area (Å²) in [7, 11) is 1.88. The topological polar surface area (TPSA) is 93.9 Å².